The van der Waals surface area contributed by atoms with Crippen molar-refractivity contribution >= 4 is 23.9 Å². The predicted molar refractivity (Wildman–Crippen MR) is 82.2 cm³/mol. The molecule has 0 bridgehead atoms. The average Bonchev–Trinajstić information content (AvgIpc) is 2.48. The van der Waals surface area contributed by atoms with Gasteiger partial charge in [0.25, 0.3) is 0 Å². The largest absolute Gasteiger partial charge is 0.550 e. The maximum Gasteiger partial charge on any atom is 0.490 e. The number of carbonyl (C=O) groups is 4. The summed E-state index contributed by atoms with van der Waals surface area (Å²) in [4.78, 5) is 41.7. The number of rotatable bonds is 10. The van der Waals surface area contributed by atoms with Crippen LogP contribution in [0.1, 0.15) is 36.2 Å². The molecule has 0 amide bonds. The highest BCUT2D eigenvalue weighted by Gasteiger charge is 2.38. The molecule has 0 radical (unpaired) electrons. The minimum absolute atomic E-state index is 0.0575. The second-order valence-electron chi connectivity index (χ2n) is 5.96. The SMILES string of the molecule is O=C(O)C(F)(F)F.[2H]C([2H])([2H])[N+](C)(C)C[C@@H](CC(=O)[O-])OC(=O)CCCCC(=O)O. The van der Waals surface area contributed by atoms with E-state index in [-0.39, 0.29) is 19.4 Å². The van der Waals surface area contributed by atoms with E-state index in [2.05, 4.69) is 0 Å². The van der Waals surface area contributed by atoms with Gasteiger partial charge in [0.2, 0.25) is 0 Å². The lowest BCUT2D eigenvalue weighted by Crippen LogP contribution is -2.45. The standard InChI is InChI=1S/C13H23NO6.C2HF3O2/c1-14(2,3)9-10(8-12(17)18)20-13(19)7-5-4-6-11(15)16;3-2(4,5)1(6)7/h10H,4-9H2,1-3H3,(H-,15,16,17,18);(H,6,7)/t10-;/m1./s1/i1D3;. The van der Waals surface area contributed by atoms with Crippen LogP contribution in [0.3, 0.4) is 0 Å². The summed E-state index contributed by atoms with van der Waals surface area (Å²) >= 11 is 0. The van der Waals surface area contributed by atoms with E-state index in [9.17, 15) is 32.7 Å². The summed E-state index contributed by atoms with van der Waals surface area (Å²) in [5, 5.41) is 26.4. The van der Waals surface area contributed by atoms with Crippen LogP contribution < -0.4 is 5.11 Å². The van der Waals surface area contributed by atoms with Crippen LogP contribution in [0.15, 0.2) is 0 Å². The Morgan fingerprint density at radius 3 is 2.00 bits per heavy atom. The monoisotopic (exact) mass is 406 g/mol. The van der Waals surface area contributed by atoms with E-state index in [1.54, 1.807) is 0 Å². The van der Waals surface area contributed by atoms with Gasteiger partial charge in [0, 0.05) is 25.2 Å². The summed E-state index contributed by atoms with van der Waals surface area (Å²) in [5.41, 5.74) is 0. The van der Waals surface area contributed by atoms with Gasteiger partial charge in [-0.25, -0.2) is 4.79 Å². The Hall–Kier alpha value is -2.37. The van der Waals surface area contributed by atoms with Gasteiger partial charge in [0.15, 0.2) is 6.10 Å². The van der Waals surface area contributed by atoms with E-state index in [1.807, 2.05) is 0 Å². The van der Waals surface area contributed by atoms with Crippen molar-refractivity contribution in [3.63, 3.8) is 0 Å². The number of nitrogens with zero attached hydrogens (tertiary/aromatic N) is 1. The Morgan fingerprint density at radius 2 is 1.63 bits per heavy atom. The molecule has 2 N–H and O–H groups in total. The number of alkyl halides is 3. The van der Waals surface area contributed by atoms with Crippen LogP contribution >= 0.6 is 0 Å². The van der Waals surface area contributed by atoms with Gasteiger partial charge in [-0.3, -0.25) is 9.59 Å². The number of unbranched alkanes of at least 4 members (excludes halogenated alkanes) is 1. The molecule has 0 aliphatic carbocycles. The van der Waals surface area contributed by atoms with Gasteiger partial charge in [0.1, 0.15) is 6.54 Å². The van der Waals surface area contributed by atoms with Gasteiger partial charge in [0.05, 0.1) is 25.2 Å². The fraction of sp³-hybridized carbons (Fsp3) is 0.733. The van der Waals surface area contributed by atoms with Crippen molar-refractivity contribution in [3.8, 4) is 0 Å². The third-order valence-electron chi connectivity index (χ3n) is 2.62. The molecule has 0 aliphatic rings. The first-order valence-corrected chi connectivity index (χ1v) is 7.54. The molecule has 0 heterocycles. The number of quaternary nitrogens is 1. The lowest BCUT2D eigenvalue weighted by molar-refractivity contribution is -0.873. The maximum absolute atomic E-state index is 11.7. The zero-order valence-electron chi connectivity index (χ0n) is 17.7. The number of esters is 1. The number of aliphatic carboxylic acids is 3. The van der Waals surface area contributed by atoms with Gasteiger partial charge in [-0.1, -0.05) is 0 Å². The molecule has 0 aliphatic heterocycles. The molecule has 12 heteroatoms. The van der Waals surface area contributed by atoms with Crippen molar-refractivity contribution in [1.82, 2.24) is 0 Å². The minimum Gasteiger partial charge on any atom is -0.550 e. The second kappa shape index (κ2) is 12.1. The third-order valence-corrected chi connectivity index (χ3v) is 2.62. The molecule has 158 valence electrons. The summed E-state index contributed by atoms with van der Waals surface area (Å²) in [6, 6.07) is 0. The summed E-state index contributed by atoms with van der Waals surface area (Å²) in [6.45, 7) is -2.59. The molecule has 0 saturated heterocycles. The van der Waals surface area contributed by atoms with Crippen LogP contribution in [0.4, 0.5) is 13.2 Å². The van der Waals surface area contributed by atoms with E-state index >= 15 is 0 Å². The number of ether oxygens (including phenoxy) is 1. The van der Waals surface area contributed by atoms with Gasteiger partial charge >= 0.3 is 24.1 Å². The Kier molecular flexibility index (Phi) is 9.38. The average molecular weight is 406 g/mol. The van der Waals surface area contributed by atoms with Crippen molar-refractivity contribution in [2.24, 2.45) is 0 Å². The molecule has 0 spiro atoms. The third kappa shape index (κ3) is 19.8. The second-order valence-corrected chi connectivity index (χ2v) is 5.96. The lowest BCUT2D eigenvalue weighted by Gasteiger charge is -2.29. The fourth-order valence-corrected chi connectivity index (χ4v) is 1.63. The maximum atomic E-state index is 11.7. The molecular formula is C15H24F3NO8. The van der Waals surface area contributed by atoms with Crippen LogP contribution in [0, 0.1) is 0 Å². The quantitative estimate of drug-likeness (QED) is 0.294. The Labute approximate surface area is 158 Å². The highest BCUT2D eigenvalue weighted by atomic mass is 19.4. The molecule has 9 nitrogen and oxygen atoms in total. The number of likely N-dealkylation sites (N-methyl/N-ethyl adjacent to an activating group) is 1. The molecular weight excluding hydrogens is 379 g/mol. The lowest BCUT2D eigenvalue weighted by atomic mass is 10.2. The zero-order valence-corrected chi connectivity index (χ0v) is 14.7. The van der Waals surface area contributed by atoms with Gasteiger partial charge in [-0.05, 0) is 12.8 Å². The first kappa shape index (κ1) is 20.9. The molecule has 1 atom stereocenters. The van der Waals surface area contributed by atoms with Gasteiger partial charge in [-0.2, -0.15) is 13.2 Å². The van der Waals surface area contributed by atoms with Crippen molar-refractivity contribution in [2.75, 3.05) is 27.6 Å². The highest BCUT2D eigenvalue weighted by Crippen LogP contribution is 2.13. The van der Waals surface area contributed by atoms with Crippen LogP contribution in [0.5, 0.6) is 0 Å². The summed E-state index contributed by atoms with van der Waals surface area (Å²) in [7, 11) is 2.77. The van der Waals surface area contributed by atoms with Gasteiger partial charge < -0.3 is 29.3 Å². The topological polar surface area (TPSA) is 141 Å². The minimum atomic E-state index is -5.08. The Bertz CT molecular complexity index is 609. The fourth-order valence-electron chi connectivity index (χ4n) is 1.63. The molecule has 0 saturated carbocycles. The van der Waals surface area contributed by atoms with Gasteiger partial charge in [-0.15, -0.1) is 0 Å². The number of halogens is 3. The molecule has 0 aromatic heterocycles. The number of carboxylic acid groups (broad SMARTS) is 3. The molecule has 0 rings (SSSR count). The van der Waals surface area contributed by atoms with Crippen LogP contribution in [-0.2, 0) is 23.9 Å². The molecule has 0 fully saturated rings. The summed E-state index contributed by atoms with van der Waals surface area (Å²) in [5.74, 6) is -5.86. The molecule has 0 aromatic carbocycles. The van der Waals surface area contributed by atoms with Crippen molar-refractivity contribution < 1.29 is 61.0 Å². The number of hydrogen-bond donors (Lipinski definition) is 2. The van der Waals surface area contributed by atoms with Crippen LogP contribution in [0.2, 0.25) is 0 Å². The number of carbonyl (C=O) groups excluding carboxylic acids is 2. The molecule has 0 unspecified atom stereocenters. The number of hydrogen-bond acceptors (Lipinski definition) is 6. The van der Waals surface area contributed by atoms with E-state index in [0.29, 0.717) is 12.8 Å². The number of carboxylic acids is 3. The zero-order chi connectivity index (χ0) is 24.3. The first-order valence-electron chi connectivity index (χ1n) is 9.04. The summed E-state index contributed by atoms with van der Waals surface area (Å²) in [6.07, 6.45) is -6.34. The van der Waals surface area contributed by atoms with Crippen LogP contribution in [-0.4, -0.2) is 78.5 Å². The van der Waals surface area contributed by atoms with E-state index < -0.39 is 54.0 Å². The smallest absolute Gasteiger partial charge is 0.490 e. The molecule has 27 heavy (non-hydrogen) atoms. The molecule has 0 aromatic rings. The Morgan fingerprint density at radius 1 is 1.15 bits per heavy atom. The van der Waals surface area contributed by atoms with E-state index in [1.165, 1.54) is 14.1 Å². The van der Waals surface area contributed by atoms with Crippen molar-refractivity contribution in [2.45, 2.75) is 44.4 Å². The van der Waals surface area contributed by atoms with Crippen molar-refractivity contribution in [1.29, 1.82) is 0 Å². The Balaban J connectivity index is 0. The highest BCUT2D eigenvalue weighted by molar-refractivity contribution is 5.73. The van der Waals surface area contributed by atoms with Crippen molar-refractivity contribution in [3.05, 3.63) is 0 Å². The normalized spacial score (nSPS) is 14.5. The first-order chi connectivity index (χ1) is 13.3. The van der Waals surface area contributed by atoms with Crippen LogP contribution in [0.25, 0.3) is 0 Å². The summed E-state index contributed by atoms with van der Waals surface area (Å²) < 4.78 is 58.5. The van der Waals surface area contributed by atoms with E-state index in [4.69, 9.17) is 23.9 Å². The van der Waals surface area contributed by atoms with E-state index in [0.717, 1.165) is 0 Å². The predicted octanol–water partition coefficient (Wildman–Crippen LogP) is 0.0227.